The van der Waals surface area contributed by atoms with E-state index >= 15 is 0 Å². The van der Waals surface area contributed by atoms with Crippen molar-refractivity contribution in [2.24, 2.45) is 0 Å². The summed E-state index contributed by atoms with van der Waals surface area (Å²) in [6.07, 6.45) is 0. The lowest BCUT2D eigenvalue weighted by Gasteiger charge is -2.08. The van der Waals surface area contributed by atoms with Gasteiger partial charge >= 0.3 is 0 Å². The zero-order valence-corrected chi connectivity index (χ0v) is 21.2. The Hall–Kier alpha value is -2.99. The Morgan fingerprint density at radius 3 is 1.64 bits per heavy atom. The Bertz CT molecular complexity index is 1250. The summed E-state index contributed by atoms with van der Waals surface area (Å²) < 4.78 is 0. The zero-order chi connectivity index (χ0) is 23.3. The van der Waals surface area contributed by atoms with Crippen molar-refractivity contribution in [2.45, 2.75) is 13.8 Å². The van der Waals surface area contributed by atoms with Crippen LogP contribution < -0.4 is 0 Å². The summed E-state index contributed by atoms with van der Waals surface area (Å²) in [7, 11) is 0. The molecule has 2 nitrogen and oxygen atoms in total. The van der Waals surface area contributed by atoms with Gasteiger partial charge in [-0.25, -0.2) is 0 Å². The number of hydrogen-bond acceptors (Lipinski definition) is 4. The quantitative estimate of drug-likeness (QED) is 0.250. The monoisotopic (exact) mass is 492 g/mol. The van der Waals surface area contributed by atoms with Gasteiger partial charge in [-0.15, -0.1) is 0 Å². The van der Waals surface area contributed by atoms with E-state index in [-0.39, 0.29) is 13.5 Å². The highest BCUT2D eigenvalue weighted by atomic mass is 32.8. The maximum absolute atomic E-state index is 10.0. The highest BCUT2D eigenvalue weighted by Gasteiger charge is 2.06. The normalized spacial score (nSPS) is 9.15. The van der Waals surface area contributed by atoms with Gasteiger partial charge in [0.1, 0.15) is 11.5 Å². The van der Waals surface area contributed by atoms with Gasteiger partial charge in [0.15, 0.2) is 0 Å². The molecule has 0 spiro atoms. The van der Waals surface area contributed by atoms with Crippen LogP contribution in [-0.2, 0) is 22.4 Å². The number of aromatic hydroxyl groups is 2. The number of benzene rings is 5. The van der Waals surface area contributed by atoms with E-state index in [1.165, 1.54) is 0 Å². The van der Waals surface area contributed by atoms with Gasteiger partial charge < -0.3 is 10.2 Å². The third kappa shape index (κ3) is 7.26. The fourth-order valence-electron chi connectivity index (χ4n) is 3.39. The number of hydrogen-bond donors (Lipinski definition) is 2. The number of phenols is 2. The molecule has 0 fully saturated rings. The van der Waals surface area contributed by atoms with Gasteiger partial charge in [-0.05, 0) is 34.0 Å². The predicted octanol–water partition coefficient (Wildman–Crippen LogP) is 7.89. The van der Waals surface area contributed by atoms with Crippen molar-refractivity contribution in [2.75, 3.05) is 0 Å². The molecule has 170 valence electrons. The summed E-state index contributed by atoms with van der Waals surface area (Å²) >= 11 is 7.33. The topological polar surface area (TPSA) is 40.5 Å². The third-order valence-electron chi connectivity index (χ3n) is 4.73. The van der Waals surface area contributed by atoms with Gasteiger partial charge in [0.05, 0.1) is 0 Å². The lowest BCUT2D eigenvalue weighted by molar-refractivity contribution is 0.481. The van der Waals surface area contributed by atoms with Crippen LogP contribution in [0.15, 0.2) is 109 Å². The van der Waals surface area contributed by atoms with E-state index in [2.05, 4.69) is 34.5 Å². The Morgan fingerprint density at radius 1 is 0.515 bits per heavy atom. The fourth-order valence-corrected chi connectivity index (χ4v) is 3.39. The van der Waals surface area contributed by atoms with Crippen LogP contribution in [0.4, 0.5) is 0 Å². The molecule has 5 heteroatoms. The Balaban J connectivity index is 0.000000297. The van der Waals surface area contributed by atoms with Crippen molar-refractivity contribution in [1.82, 2.24) is 0 Å². The van der Waals surface area contributed by atoms with Crippen molar-refractivity contribution in [3.63, 3.8) is 0 Å². The van der Waals surface area contributed by atoms with E-state index in [9.17, 15) is 10.2 Å². The molecule has 0 unspecified atom stereocenters. The second-order valence-electron chi connectivity index (χ2n) is 6.55. The molecule has 0 bridgehead atoms. The Kier molecular flexibility index (Phi) is 12.7. The average Bonchev–Trinajstić information content (AvgIpc) is 2.88. The molecular weight excluding hydrogens is 465 g/mol. The summed E-state index contributed by atoms with van der Waals surface area (Å²) in [5, 5.41) is 23.4. The molecule has 2 N–H and O–H groups in total. The molecule has 0 aliphatic carbocycles. The van der Waals surface area contributed by atoms with Crippen LogP contribution in [-0.4, -0.2) is 10.2 Å². The lowest BCUT2D eigenvalue weighted by atomic mass is 9.98. The summed E-state index contributed by atoms with van der Waals surface area (Å²) in [6.45, 7) is 4.00. The van der Waals surface area contributed by atoms with Crippen LogP contribution in [0.1, 0.15) is 13.8 Å². The van der Waals surface area contributed by atoms with Gasteiger partial charge in [0.2, 0.25) is 0 Å². The molecule has 5 rings (SSSR count). The van der Waals surface area contributed by atoms with Crippen LogP contribution in [0.3, 0.4) is 0 Å². The number of phenolic OH excluding ortho intramolecular Hbond substituents is 2. The molecule has 0 aliphatic rings. The molecule has 0 saturated carbocycles. The molecule has 0 aliphatic heterocycles. The smallest absolute Gasteiger partial charge is 0.124 e. The molecule has 0 atom stereocenters. The number of fused-ring (bicyclic) bond motifs is 2. The SMILES string of the molecule is CC.Oc1cccc2cccc(-c3ccccc3)c12.Oc1cccc2ccccc12.S.S=S. The minimum Gasteiger partial charge on any atom is -0.507 e. The number of rotatable bonds is 1. The minimum absolute atomic E-state index is 0. The largest absolute Gasteiger partial charge is 0.507 e. The lowest BCUT2D eigenvalue weighted by Crippen LogP contribution is -1.81. The average molecular weight is 493 g/mol. The van der Waals surface area contributed by atoms with E-state index in [0.29, 0.717) is 11.5 Å². The zero-order valence-electron chi connectivity index (χ0n) is 18.6. The Morgan fingerprint density at radius 2 is 1.00 bits per heavy atom. The first kappa shape index (κ1) is 28.0. The van der Waals surface area contributed by atoms with Crippen LogP contribution in [0.5, 0.6) is 11.5 Å². The molecule has 0 heterocycles. The van der Waals surface area contributed by atoms with Crippen molar-refractivity contribution in [3.05, 3.63) is 109 Å². The first-order valence-corrected chi connectivity index (χ1v) is 11.7. The van der Waals surface area contributed by atoms with Crippen molar-refractivity contribution < 1.29 is 10.2 Å². The highest BCUT2D eigenvalue weighted by Crippen LogP contribution is 2.34. The van der Waals surface area contributed by atoms with Crippen molar-refractivity contribution in [1.29, 1.82) is 0 Å². The minimum atomic E-state index is 0. The second kappa shape index (κ2) is 15.0. The fraction of sp³-hybridized carbons (Fsp3) is 0.0714. The first-order valence-electron chi connectivity index (χ1n) is 10.3. The molecule has 0 saturated heterocycles. The van der Waals surface area contributed by atoms with E-state index < -0.39 is 0 Å². The summed E-state index contributed by atoms with van der Waals surface area (Å²) in [4.78, 5) is 0. The molecule has 33 heavy (non-hydrogen) atoms. The maximum atomic E-state index is 10.0. The molecule has 5 aromatic carbocycles. The molecule has 0 amide bonds. The van der Waals surface area contributed by atoms with Crippen molar-refractivity contribution in [3.8, 4) is 22.6 Å². The second-order valence-corrected chi connectivity index (χ2v) is 6.55. The van der Waals surface area contributed by atoms with Crippen LogP contribution in [0, 0.1) is 0 Å². The van der Waals surface area contributed by atoms with Gasteiger partial charge in [-0.1, -0.05) is 111 Å². The van der Waals surface area contributed by atoms with E-state index in [0.717, 1.165) is 32.7 Å². The standard InChI is InChI=1S/C16H12O.C10H8O.C2H6.S2.H2S/c17-15-11-5-9-13-8-4-10-14(16(13)15)12-6-2-1-3-7-12;11-10-7-3-5-8-4-1-2-6-9(8)10;2*1-2;/h1-11,17H;1-7,11H;1-2H3;;1H2. The summed E-state index contributed by atoms with van der Waals surface area (Å²) in [6, 6.07) is 35.1. The van der Waals surface area contributed by atoms with Gasteiger partial charge in [0, 0.05) is 33.1 Å². The Labute approximate surface area is 212 Å². The van der Waals surface area contributed by atoms with Crippen molar-refractivity contribution >= 4 is 57.4 Å². The van der Waals surface area contributed by atoms with Gasteiger partial charge in [-0.2, -0.15) is 13.5 Å². The van der Waals surface area contributed by atoms with Gasteiger partial charge in [0.25, 0.3) is 0 Å². The summed E-state index contributed by atoms with van der Waals surface area (Å²) in [5.74, 6) is 0.685. The molecule has 0 radical (unpaired) electrons. The third-order valence-corrected chi connectivity index (χ3v) is 4.73. The molecule has 5 aromatic rings. The molecular formula is C28H28O2S3. The van der Waals surface area contributed by atoms with E-state index in [1.807, 2.05) is 98.8 Å². The predicted molar refractivity (Wildman–Crippen MR) is 153 cm³/mol. The maximum Gasteiger partial charge on any atom is 0.124 e. The van der Waals surface area contributed by atoms with Gasteiger partial charge in [-0.3, -0.25) is 0 Å². The van der Waals surface area contributed by atoms with Crippen LogP contribution in [0.25, 0.3) is 32.7 Å². The highest BCUT2D eigenvalue weighted by molar-refractivity contribution is 8.07. The van der Waals surface area contributed by atoms with E-state index in [1.54, 1.807) is 12.1 Å². The molecule has 0 aromatic heterocycles. The first-order chi connectivity index (χ1) is 15.7. The van der Waals surface area contributed by atoms with Crippen LogP contribution in [0.2, 0.25) is 0 Å². The van der Waals surface area contributed by atoms with E-state index in [4.69, 9.17) is 0 Å². The summed E-state index contributed by atoms with van der Waals surface area (Å²) in [5.41, 5.74) is 2.20. The van der Waals surface area contributed by atoms with Crippen LogP contribution >= 0.6 is 13.5 Å².